The zero-order valence-electron chi connectivity index (χ0n) is 16.6. The van der Waals surface area contributed by atoms with Gasteiger partial charge < -0.3 is 9.80 Å². The molecule has 0 N–H and O–H groups in total. The minimum absolute atomic E-state index is 0.0150. The van der Waals surface area contributed by atoms with Crippen LogP contribution in [-0.4, -0.2) is 42.0 Å². The molecule has 29 heavy (non-hydrogen) atoms. The van der Waals surface area contributed by atoms with Gasteiger partial charge in [-0.2, -0.15) is 13.2 Å². The summed E-state index contributed by atoms with van der Waals surface area (Å²) in [5, 5.41) is -0.0441. The molecule has 0 unspecified atom stereocenters. The molecule has 1 aliphatic rings. The van der Waals surface area contributed by atoms with Crippen LogP contribution < -0.4 is 4.90 Å². The van der Waals surface area contributed by atoms with Crippen LogP contribution >= 0.6 is 11.6 Å². The smallest absolute Gasteiger partial charge is 0.352 e. The number of piperazine rings is 1. The van der Waals surface area contributed by atoms with Crippen molar-refractivity contribution in [3.63, 3.8) is 0 Å². The fourth-order valence-electron chi connectivity index (χ4n) is 3.24. The maximum atomic E-state index is 12.8. The average Bonchev–Trinajstić information content (AvgIpc) is 2.66. The second-order valence-electron chi connectivity index (χ2n) is 8.13. The Morgan fingerprint density at radius 2 is 1.59 bits per heavy atom. The third-order valence-corrected chi connectivity index (χ3v) is 5.29. The molecule has 2 heterocycles. The first kappa shape index (κ1) is 21.4. The number of alkyl halides is 3. The summed E-state index contributed by atoms with van der Waals surface area (Å²) in [4.78, 5) is 20.2. The van der Waals surface area contributed by atoms with E-state index < -0.39 is 11.7 Å². The Labute approximate surface area is 173 Å². The van der Waals surface area contributed by atoms with Crippen molar-refractivity contribution in [2.24, 2.45) is 0 Å². The molecule has 1 fully saturated rings. The van der Waals surface area contributed by atoms with E-state index in [1.807, 2.05) is 24.3 Å². The summed E-state index contributed by atoms with van der Waals surface area (Å²) < 4.78 is 38.3. The normalized spacial score (nSPS) is 15.6. The fraction of sp³-hybridized carbons (Fsp3) is 0.429. The summed E-state index contributed by atoms with van der Waals surface area (Å²) in [5.41, 5.74) is 0.916. The van der Waals surface area contributed by atoms with Crippen LogP contribution in [0.3, 0.4) is 0 Å². The van der Waals surface area contributed by atoms with Gasteiger partial charge in [-0.05, 0) is 29.2 Å². The monoisotopic (exact) mass is 425 g/mol. The first-order valence-corrected chi connectivity index (χ1v) is 9.72. The molecule has 156 valence electrons. The predicted octanol–water partition coefficient (Wildman–Crippen LogP) is 5.01. The quantitative estimate of drug-likeness (QED) is 0.678. The van der Waals surface area contributed by atoms with Crippen molar-refractivity contribution < 1.29 is 18.0 Å². The molecule has 1 saturated heterocycles. The number of rotatable bonds is 2. The van der Waals surface area contributed by atoms with E-state index in [0.717, 1.165) is 17.8 Å². The van der Waals surface area contributed by atoms with Gasteiger partial charge in [0, 0.05) is 37.9 Å². The molecular formula is C21H23ClF3N3O. The molecule has 1 aliphatic heterocycles. The molecule has 1 amide bonds. The van der Waals surface area contributed by atoms with E-state index in [2.05, 4.69) is 25.8 Å². The SMILES string of the molecule is CC(C)(C)c1ccc(C(=O)N2CCN(c3ncc(C(F)(F)F)cc3Cl)CC2)cc1. The van der Waals surface area contributed by atoms with Gasteiger partial charge in [-0.15, -0.1) is 0 Å². The lowest BCUT2D eigenvalue weighted by molar-refractivity contribution is -0.137. The fourth-order valence-corrected chi connectivity index (χ4v) is 3.52. The summed E-state index contributed by atoms with van der Waals surface area (Å²) in [6, 6.07) is 8.50. The molecule has 0 spiro atoms. The molecule has 0 bridgehead atoms. The Morgan fingerprint density at radius 1 is 1.00 bits per heavy atom. The topological polar surface area (TPSA) is 36.4 Å². The van der Waals surface area contributed by atoms with E-state index in [-0.39, 0.29) is 16.3 Å². The average molecular weight is 426 g/mol. The molecule has 2 aromatic rings. The zero-order chi connectivity index (χ0) is 21.4. The number of amides is 1. The van der Waals surface area contributed by atoms with Crippen LogP contribution in [0.1, 0.15) is 42.3 Å². The van der Waals surface area contributed by atoms with Crippen LogP contribution in [0.25, 0.3) is 0 Å². The van der Waals surface area contributed by atoms with Crippen LogP contribution in [0.5, 0.6) is 0 Å². The third kappa shape index (κ3) is 4.83. The third-order valence-electron chi connectivity index (χ3n) is 5.01. The first-order valence-electron chi connectivity index (χ1n) is 9.34. The van der Waals surface area contributed by atoms with Crippen LogP contribution in [-0.2, 0) is 11.6 Å². The highest BCUT2D eigenvalue weighted by atomic mass is 35.5. The summed E-state index contributed by atoms with van der Waals surface area (Å²) in [7, 11) is 0. The number of carbonyl (C=O) groups excluding carboxylic acids is 1. The highest BCUT2D eigenvalue weighted by Crippen LogP contribution is 2.33. The molecular weight excluding hydrogens is 403 g/mol. The zero-order valence-corrected chi connectivity index (χ0v) is 17.3. The minimum atomic E-state index is -4.48. The van der Waals surface area contributed by atoms with Gasteiger partial charge >= 0.3 is 6.18 Å². The van der Waals surface area contributed by atoms with Crippen molar-refractivity contribution in [2.75, 3.05) is 31.1 Å². The number of aromatic nitrogens is 1. The van der Waals surface area contributed by atoms with Crippen LogP contribution in [0.15, 0.2) is 36.5 Å². The van der Waals surface area contributed by atoms with Gasteiger partial charge in [0.05, 0.1) is 10.6 Å². The molecule has 1 aromatic carbocycles. The van der Waals surface area contributed by atoms with Crippen molar-refractivity contribution in [1.29, 1.82) is 0 Å². The lowest BCUT2D eigenvalue weighted by Crippen LogP contribution is -2.49. The van der Waals surface area contributed by atoms with Gasteiger partial charge in [-0.3, -0.25) is 4.79 Å². The molecule has 1 aromatic heterocycles. The van der Waals surface area contributed by atoms with Crippen LogP contribution in [0, 0.1) is 0 Å². The van der Waals surface area contributed by atoms with E-state index in [1.165, 1.54) is 0 Å². The van der Waals surface area contributed by atoms with Gasteiger partial charge in [0.15, 0.2) is 0 Å². The van der Waals surface area contributed by atoms with Gasteiger partial charge in [0.2, 0.25) is 0 Å². The van der Waals surface area contributed by atoms with E-state index in [1.54, 1.807) is 9.80 Å². The number of anilines is 1. The standard InChI is InChI=1S/C21H23ClF3N3O/c1-20(2,3)15-6-4-14(5-7-15)19(29)28-10-8-27(9-11-28)18-17(22)12-16(13-26-18)21(23,24)25/h4-7,12-13H,8-11H2,1-3H3. The number of nitrogens with zero attached hydrogens (tertiary/aromatic N) is 3. The Morgan fingerprint density at radius 3 is 2.07 bits per heavy atom. The molecule has 0 atom stereocenters. The van der Waals surface area contributed by atoms with Crippen molar-refractivity contribution in [3.8, 4) is 0 Å². The predicted molar refractivity (Wildman–Crippen MR) is 108 cm³/mol. The van der Waals surface area contributed by atoms with Crippen LogP contribution in [0.2, 0.25) is 5.02 Å². The largest absolute Gasteiger partial charge is 0.417 e. The van der Waals surface area contributed by atoms with Crippen molar-refractivity contribution in [3.05, 3.63) is 58.2 Å². The van der Waals surface area contributed by atoms with Gasteiger partial charge in [0.25, 0.3) is 5.91 Å². The van der Waals surface area contributed by atoms with E-state index in [4.69, 9.17) is 11.6 Å². The van der Waals surface area contributed by atoms with E-state index in [9.17, 15) is 18.0 Å². The molecule has 0 saturated carbocycles. The van der Waals surface area contributed by atoms with Crippen LogP contribution in [0.4, 0.5) is 19.0 Å². The second-order valence-corrected chi connectivity index (χ2v) is 8.54. The Balaban J connectivity index is 1.65. The molecule has 0 radical (unpaired) electrons. The number of benzene rings is 1. The number of halogens is 4. The van der Waals surface area contributed by atoms with Gasteiger partial charge in [0.1, 0.15) is 5.82 Å². The van der Waals surface area contributed by atoms with E-state index >= 15 is 0 Å². The lowest BCUT2D eigenvalue weighted by Gasteiger charge is -2.36. The Bertz CT molecular complexity index is 884. The number of hydrogen-bond acceptors (Lipinski definition) is 3. The summed E-state index contributed by atoms with van der Waals surface area (Å²) in [5.74, 6) is 0.248. The highest BCUT2D eigenvalue weighted by Gasteiger charge is 2.32. The second kappa shape index (κ2) is 7.86. The first-order chi connectivity index (χ1) is 13.5. The number of hydrogen-bond donors (Lipinski definition) is 0. The Hall–Kier alpha value is -2.28. The van der Waals surface area contributed by atoms with Crippen molar-refractivity contribution in [2.45, 2.75) is 32.4 Å². The van der Waals surface area contributed by atoms with Crippen molar-refractivity contribution >= 4 is 23.3 Å². The molecule has 8 heteroatoms. The minimum Gasteiger partial charge on any atom is -0.352 e. The maximum absolute atomic E-state index is 12.8. The lowest BCUT2D eigenvalue weighted by atomic mass is 9.86. The summed E-state index contributed by atoms with van der Waals surface area (Å²) in [6.45, 7) is 8.13. The number of carbonyl (C=O) groups is 1. The summed E-state index contributed by atoms with van der Waals surface area (Å²) in [6.07, 6.45) is -3.70. The summed E-state index contributed by atoms with van der Waals surface area (Å²) >= 11 is 6.03. The van der Waals surface area contributed by atoms with Gasteiger partial charge in [-0.25, -0.2) is 4.98 Å². The number of pyridine rings is 1. The Kier molecular flexibility index (Phi) is 5.81. The maximum Gasteiger partial charge on any atom is 0.417 e. The highest BCUT2D eigenvalue weighted by molar-refractivity contribution is 6.33. The van der Waals surface area contributed by atoms with Gasteiger partial charge in [-0.1, -0.05) is 44.5 Å². The molecule has 3 rings (SSSR count). The van der Waals surface area contributed by atoms with E-state index in [0.29, 0.717) is 37.6 Å². The molecule has 4 nitrogen and oxygen atoms in total. The molecule has 0 aliphatic carbocycles. The van der Waals surface area contributed by atoms with Crippen molar-refractivity contribution in [1.82, 2.24) is 9.88 Å².